The van der Waals surface area contributed by atoms with Crippen LogP contribution in [0, 0.1) is 0 Å². The number of nitrogens with zero attached hydrogens (tertiary/aromatic N) is 3. The first-order valence-electron chi connectivity index (χ1n) is 10.2. The van der Waals surface area contributed by atoms with Crippen molar-refractivity contribution in [1.82, 2.24) is 14.8 Å². The maximum Gasteiger partial charge on any atom is 0.226 e. The number of rotatable bonds is 4. The third-order valence-corrected chi connectivity index (χ3v) is 6.29. The highest BCUT2D eigenvalue weighted by Crippen LogP contribution is 2.41. The number of allylic oxidation sites excluding steroid dienone is 2. The molecule has 2 aliphatic rings. The summed E-state index contributed by atoms with van der Waals surface area (Å²) in [6, 6.07) is 12.8. The molecule has 8 heteroatoms. The number of aromatic nitrogens is 3. The lowest BCUT2D eigenvalue weighted by Crippen LogP contribution is -2.31. The van der Waals surface area contributed by atoms with E-state index >= 15 is 0 Å². The Balaban J connectivity index is 1.62. The number of nitrogens with one attached hydrogen (secondary N) is 1. The van der Waals surface area contributed by atoms with E-state index in [1.54, 1.807) is 16.8 Å². The Labute approximate surface area is 189 Å². The number of carbonyl (C=O) groups is 1. The van der Waals surface area contributed by atoms with Gasteiger partial charge in [-0.1, -0.05) is 35.3 Å². The molecule has 5 rings (SSSR count). The Morgan fingerprint density at radius 3 is 2.68 bits per heavy atom. The zero-order valence-electron chi connectivity index (χ0n) is 16.9. The summed E-state index contributed by atoms with van der Waals surface area (Å²) in [7, 11) is 0. The fourth-order valence-electron chi connectivity index (χ4n) is 4.13. The molecule has 0 fully saturated rings. The lowest BCUT2D eigenvalue weighted by molar-refractivity contribution is -0.116. The highest BCUT2D eigenvalue weighted by atomic mass is 35.5. The lowest BCUT2D eigenvalue weighted by atomic mass is 9.85. The van der Waals surface area contributed by atoms with Gasteiger partial charge in [-0.3, -0.25) is 4.79 Å². The van der Waals surface area contributed by atoms with Gasteiger partial charge in [0.25, 0.3) is 0 Å². The normalized spacial score (nSPS) is 17.8. The highest BCUT2D eigenvalue weighted by molar-refractivity contribution is 6.42. The molecule has 0 saturated heterocycles. The molecule has 0 bridgehead atoms. The molecule has 1 aliphatic heterocycles. The van der Waals surface area contributed by atoms with Crippen LogP contribution in [0.1, 0.15) is 37.8 Å². The minimum absolute atomic E-state index is 0.143. The predicted molar refractivity (Wildman–Crippen MR) is 121 cm³/mol. The highest BCUT2D eigenvalue weighted by Gasteiger charge is 2.36. The SMILES string of the molecule is CCOc1ccc(C2C3=C(CCCC3=O)Nc3nc(-c4ccc(Cl)c(Cl)c4)nn32)cc1. The van der Waals surface area contributed by atoms with Crippen LogP contribution in [-0.2, 0) is 4.79 Å². The van der Waals surface area contributed by atoms with Crippen LogP contribution in [-0.4, -0.2) is 27.2 Å². The molecule has 3 aromatic rings. The molecule has 0 saturated carbocycles. The van der Waals surface area contributed by atoms with Gasteiger partial charge >= 0.3 is 0 Å². The van der Waals surface area contributed by atoms with Gasteiger partial charge in [-0.2, -0.15) is 4.98 Å². The Morgan fingerprint density at radius 1 is 1.13 bits per heavy atom. The van der Waals surface area contributed by atoms with Crippen LogP contribution in [0.25, 0.3) is 11.4 Å². The van der Waals surface area contributed by atoms with Crippen molar-refractivity contribution in [3.05, 3.63) is 69.3 Å². The van der Waals surface area contributed by atoms with Gasteiger partial charge in [0.2, 0.25) is 5.95 Å². The Kier molecular flexibility index (Phi) is 5.20. The number of hydrogen-bond acceptors (Lipinski definition) is 5. The van der Waals surface area contributed by atoms with E-state index in [-0.39, 0.29) is 11.8 Å². The Hall–Kier alpha value is -2.83. The molecule has 2 heterocycles. The molecule has 0 amide bonds. The first-order valence-corrected chi connectivity index (χ1v) is 11.0. The van der Waals surface area contributed by atoms with E-state index in [0.29, 0.717) is 34.8 Å². The molecule has 2 aromatic carbocycles. The van der Waals surface area contributed by atoms with Crippen molar-refractivity contribution in [3.8, 4) is 17.1 Å². The van der Waals surface area contributed by atoms with Crippen molar-refractivity contribution in [2.45, 2.75) is 32.2 Å². The topological polar surface area (TPSA) is 69.0 Å². The monoisotopic (exact) mass is 454 g/mol. The molecule has 1 atom stereocenters. The van der Waals surface area contributed by atoms with Crippen LogP contribution in [0.5, 0.6) is 5.75 Å². The van der Waals surface area contributed by atoms with Crippen molar-refractivity contribution in [2.75, 3.05) is 11.9 Å². The number of halogens is 2. The van der Waals surface area contributed by atoms with Gasteiger partial charge in [0.15, 0.2) is 11.6 Å². The van der Waals surface area contributed by atoms with Crippen LogP contribution in [0.3, 0.4) is 0 Å². The van der Waals surface area contributed by atoms with E-state index < -0.39 is 0 Å². The van der Waals surface area contributed by atoms with Crippen LogP contribution < -0.4 is 10.1 Å². The molecule has 158 valence electrons. The van der Waals surface area contributed by atoms with E-state index in [1.165, 1.54) is 0 Å². The first-order chi connectivity index (χ1) is 15.0. The zero-order chi connectivity index (χ0) is 21.5. The standard InChI is InChI=1S/C23H20Cl2N4O2/c1-2-31-15-9-6-13(7-10-15)21-20-18(4-3-5-19(20)30)26-23-27-22(28-29(21)23)14-8-11-16(24)17(25)12-14/h6-12,21H,2-5H2,1H3,(H,26,27,28). The van der Waals surface area contributed by atoms with Gasteiger partial charge in [0.05, 0.1) is 16.7 Å². The third-order valence-electron chi connectivity index (χ3n) is 5.55. The summed E-state index contributed by atoms with van der Waals surface area (Å²) in [6.07, 6.45) is 2.18. The quantitative estimate of drug-likeness (QED) is 0.549. The molecule has 31 heavy (non-hydrogen) atoms. The second kappa shape index (κ2) is 8.02. The van der Waals surface area contributed by atoms with Gasteiger partial charge in [-0.05, 0) is 55.7 Å². The summed E-state index contributed by atoms with van der Waals surface area (Å²) in [5.74, 6) is 2.06. The fraction of sp³-hybridized carbons (Fsp3) is 0.261. The molecule has 1 N–H and O–H groups in total. The van der Waals surface area contributed by atoms with Crippen molar-refractivity contribution in [2.24, 2.45) is 0 Å². The van der Waals surface area contributed by atoms with Gasteiger partial charge in [-0.25, -0.2) is 4.68 Å². The van der Waals surface area contributed by atoms with E-state index in [4.69, 9.17) is 38.0 Å². The third kappa shape index (κ3) is 3.60. The number of ether oxygens (including phenoxy) is 1. The summed E-state index contributed by atoms with van der Waals surface area (Å²) < 4.78 is 7.37. The number of fused-ring (bicyclic) bond motifs is 1. The van der Waals surface area contributed by atoms with E-state index in [9.17, 15) is 4.79 Å². The largest absolute Gasteiger partial charge is 0.494 e. The number of carbonyl (C=O) groups excluding carboxylic acids is 1. The molecule has 1 unspecified atom stereocenters. The lowest BCUT2D eigenvalue weighted by Gasteiger charge is -2.32. The average molecular weight is 455 g/mol. The predicted octanol–water partition coefficient (Wildman–Crippen LogP) is 5.67. The van der Waals surface area contributed by atoms with E-state index in [2.05, 4.69) is 5.32 Å². The molecular formula is C23H20Cl2N4O2. The summed E-state index contributed by atoms with van der Waals surface area (Å²) in [4.78, 5) is 17.6. The second-order valence-electron chi connectivity index (χ2n) is 7.53. The van der Waals surface area contributed by atoms with Crippen LogP contribution >= 0.6 is 23.2 Å². The summed E-state index contributed by atoms with van der Waals surface area (Å²) in [5.41, 5.74) is 3.40. The van der Waals surface area contributed by atoms with Crippen LogP contribution in [0.2, 0.25) is 10.0 Å². The maximum absolute atomic E-state index is 12.9. The minimum atomic E-state index is -0.348. The maximum atomic E-state index is 12.9. The van der Waals surface area contributed by atoms with E-state index in [1.807, 2.05) is 37.3 Å². The molecule has 1 aromatic heterocycles. The van der Waals surface area contributed by atoms with Gasteiger partial charge in [-0.15, -0.1) is 5.10 Å². The smallest absolute Gasteiger partial charge is 0.226 e. The molecule has 0 spiro atoms. The van der Waals surface area contributed by atoms with Crippen LogP contribution in [0.15, 0.2) is 53.7 Å². The van der Waals surface area contributed by atoms with Gasteiger partial charge in [0, 0.05) is 23.3 Å². The zero-order valence-corrected chi connectivity index (χ0v) is 18.4. The molecule has 0 radical (unpaired) electrons. The molecule has 6 nitrogen and oxygen atoms in total. The van der Waals surface area contributed by atoms with Gasteiger partial charge in [0.1, 0.15) is 11.8 Å². The second-order valence-corrected chi connectivity index (χ2v) is 8.35. The number of ketones is 1. The van der Waals surface area contributed by atoms with Crippen molar-refractivity contribution >= 4 is 34.9 Å². The Morgan fingerprint density at radius 2 is 1.94 bits per heavy atom. The molecule has 1 aliphatic carbocycles. The van der Waals surface area contributed by atoms with Gasteiger partial charge < -0.3 is 10.1 Å². The van der Waals surface area contributed by atoms with Crippen molar-refractivity contribution in [1.29, 1.82) is 0 Å². The summed E-state index contributed by atoms with van der Waals surface area (Å²) in [6.45, 7) is 2.55. The fourth-order valence-corrected chi connectivity index (χ4v) is 4.43. The first kappa shape index (κ1) is 20.1. The summed E-state index contributed by atoms with van der Waals surface area (Å²) in [5, 5.41) is 9.01. The number of anilines is 1. The average Bonchev–Trinajstić information content (AvgIpc) is 3.19. The molecular weight excluding hydrogens is 435 g/mol. The van der Waals surface area contributed by atoms with Crippen molar-refractivity contribution < 1.29 is 9.53 Å². The number of hydrogen-bond donors (Lipinski definition) is 1. The minimum Gasteiger partial charge on any atom is -0.494 e. The number of Topliss-reactive ketones (excluding diaryl/α,β-unsaturated/α-hetero) is 1. The van der Waals surface area contributed by atoms with E-state index in [0.717, 1.165) is 41.0 Å². The number of benzene rings is 2. The van der Waals surface area contributed by atoms with Crippen molar-refractivity contribution in [3.63, 3.8) is 0 Å². The van der Waals surface area contributed by atoms with Crippen LogP contribution in [0.4, 0.5) is 5.95 Å². The Bertz CT molecular complexity index is 1200. The summed E-state index contributed by atoms with van der Waals surface area (Å²) >= 11 is 12.3.